The van der Waals surface area contributed by atoms with E-state index in [0.29, 0.717) is 11.3 Å². The van der Waals surface area contributed by atoms with Crippen LogP contribution in [0.1, 0.15) is 11.3 Å². The first-order valence-corrected chi connectivity index (χ1v) is 6.96. The zero-order valence-electron chi connectivity index (χ0n) is 11.7. The number of nitrogens with zero attached hydrogens (tertiary/aromatic N) is 2. The minimum absolute atomic E-state index is 0.0624. The van der Waals surface area contributed by atoms with Gasteiger partial charge in [-0.25, -0.2) is 0 Å². The van der Waals surface area contributed by atoms with Crippen LogP contribution in [0.5, 0.6) is 11.5 Å². The summed E-state index contributed by atoms with van der Waals surface area (Å²) in [6.07, 6.45) is -3.53. The fourth-order valence-electron chi connectivity index (χ4n) is 2.49. The summed E-state index contributed by atoms with van der Waals surface area (Å²) < 4.78 is 41.6. The summed E-state index contributed by atoms with van der Waals surface area (Å²) in [6.45, 7) is 0. The van der Waals surface area contributed by atoms with Crippen LogP contribution in [0.25, 0.3) is 10.9 Å². The molecule has 1 heterocycles. The third-order valence-corrected chi connectivity index (χ3v) is 3.89. The Balaban J connectivity index is 2.20. The molecular formula is C14H8ClF3N2O4. The Morgan fingerprint density at radius 3 is 2.71 bits per heavy atom. The number of nitro groups is 1. The Morgan fingerprint density at radius 2 is 2.08 bits per heavy atom. The first-order chi connectivity index (χ1) is 11.2. The highest BCUT2D eigenvalue weighted by atomic mass is 35.5. The minimum Gasteiger partial charge on any atom is -0.506 e. The monoisotopic (exact) mass is 360 g/mol. The lowest BCUT2D eigenvalue weighted by Crippen LogP contribution is -2.17. The standard InChI is InChI=1S/C14H8ClF3N2O4/c15-12-10(21)5-11(24-14(16,17)18)8-4-6-3-7(20(22)23)1-2-9(6)19-13(8)12/h1,4-5,21H,2-3H2. The van der Waals surface area contributed by atoms with E-state index in [2.05, 4.69) is 9.72 Å². The highest BCUT2D eigenvalue weighted by Crippen LogP contribution is 2.41. The van der Waals surface area contributed by atoms with Crippen LogP contribution in [0.3, 0.4) is 0 Å². The number of benzene rings is 1. The summed E-state index contributed by atoms with van der Waals surface area (Å²) in [5.74, 6) is -1.28. The molecule has 24 heavy (non-hydrogen) atoms. The quantitative estimate of drug-likeness (QED) is 0.651. The molecule has 0 atom stereocenters. The lowest BCUT2D eigenvalue weighted by Gasteiger charge is -2.17. The molecule has 0 bridgehead atoms. The van der Waals surface area contributed by atoms with Gasteiger partial charge in [-0.05, 0) is 17.7 Å². The van der Waals surface area contributed by atoms with E-state index < -0.39 is 22.8 Å². The number of phenolic OH excluding ortho intramolecular Hbond substituents is 1. The zero-order chi connectivity index (χ0) is 17.6. The number of aromatic hydroxyl groups is 1. The van der Waals surface area contributed by atoms with E-state index in [1.165, 1.54) is 12.1 Å². The van der Waals surface area contributed by atoms with E-state index >= 15 is 0 Å². The number of hydrogen-bond donors (Lipinski definition) is 1. The molecule has 1 aromatic heterocycles. The summed E-state index contributed by atoms with van der Waals surface area (Å²) in [5.41, 5.74) is 0.725. The van der Waals surface area contributed by atoms with E-state index in [1.54, 1.807) is 0 Å². The van der Waals surface area contributed by atoms with Gasteiger partial charge in [-0.3, -0.25) is 15.1 Å². The lowest BCUT2D eigenvalue weighted by atomic mass is 9.97. The molecule has 0 spiro atoms. The van der Waals surface area contributed by atoms with E-state index in [9.17, 15) is 28.4 Å². The lowest BCUT2D eigenvalue weighted by molar-refractivity contribution is -0.427. The molecule has 1 N–H and O–H groups in total. The Bertz CT molecular complexity index is 896. The molecule has 0 unspecified atom stereocenters. The number of rotatable bonds is 2. The molecule has 0 saturated carbocycles. The van der Waals surface area contributed by atoms with Gasteiger partial charge in [0.25, 0.3) is 0 Å². The van der Waals surface area contributed by atoms with Gasteiger partial charge >= 0.3 is 6.36 Å². The summed E-state index contributed by atoms with van der Waals surface area (Å²) in [5, 5.41) is 20.3. The van der Waals surface area contributed by atoms with Crippen molar-refractivity contribution in [2.24, 2.45) is 0 Å². The molecular weight excluding hydrogens is 353 g/mol. The topological polar surface area (TPSA) is 85.5 Å². The van der Waals surface area contributed by atoms with Gasteiger partial charge in [-0.2, -0.15) is 0 Å². The van der Waals surface area contributed by atoms with Crippen molar-refractivity contribution in [1.29, 1.82) is 0 Å². The maximum absolute atomic E-state index is 12.6. The Labute approximate surface area is 137 Å². The van der Waals surface area contributed by atoms with Crippen molar-refractivity contribution < 1.29 is 27.9 Å². The SMILES string of the molecule is O=[N+]([O-])C1=CCc2nc3c(Cl)c(O)cc(OC(F)(F)F)c3cc2C1. The van der Waals surface area contributed by atoms with Crippen LogP contribution in [0, 0.1) is 10.1 Å². The van der Waals surface area contributed by atoms with Crippen LogP contribution in [0.15, 0.2) is 23.9 Å². The third kappa shape index (κ3) is 2.94. The van der Waals surface area contributed by atoms with Gasteiger partial charge in [0.15, 0.2) is 0 Å². The van der Waals surface area contributed by atoms with Gasteiger partial charge in [0.2, 0.25) is 5.70 Å². The predicted octanol–water partition coefficient (Wildman–Crippen LogP) is 3.75. The van der Waals surface area contributed by atoms with E-state index in [0.717, 1.165) is 6.07 Å². The molecule has 0 radical (unpaired) electrons. The smallest absolute Gasteiger partial charge is 0.506 e. The molecule has 1 aliphatic carbocycles. The second-order valence-corrected chi connectivity index (χ2v) is 5.46. The van der Waals surface area contributed by atoms with Crippen LogP contribution in [-0.4, -0.2) is 21.4 Å². The van der Waals surface area contributed by atoms with Crippen molar-refractivity contribution in [3.05, 3.63) is 50.3 Å². The molecule has 2 aromatic rings. The summed E-state index contributed by atoms with van der Waals surface area (Å²) >= 11 is 5.92. The average molecular weight is 361 g/mol. The maximum Gasteiger partial charge on any atom is 0.573 e. The van der Waals surface area contributed by atoms with Crippen molar-refractivity contribution in [3.8, 4) is 11.5 Å². The van der Waals surface area contributed by atoms with Crippen LogP contribution >= 0.6 is 11.6 Å². The van der Waals surface area contributed by atoms with Gasteiger partial charge < -0.3 is 9.84 Å². The molecule has 1 aliphatic rings. The number of alkyl halides is 3. The van der Waals surface area contributed by atoms with Crippen molar-refractivity contribution in [2.75, 3.05) is 0 Å². The highest BCUT2D eigenvalue weighted by molar-refractivity contribution is 6.36. The van der Waals surface area contributed by atoms with Crippen LogP contribution in [-0.2, 0) is 12.8 Å². The second-order valence-electron chi connectivity index (χ2n) is 5.08. The van der Waals surface area contributed by atoms with Crippen LogP contribution in [0.2, 0.25) is 5.02 Å². The summed E-state index contributed by atoms with van der Waals surface area (Å²) in [7, 11) is 0. The van der Waals surface area contributed by atoms with Crippen molar-refractivity contribution in [1.82, 2.24) is 4.98 Å². The first kappa shape index (κ1) is 16.3. The average Bonchev–Trinajstić information content (AvgIpc) is 2.49. The number of phenols is 1. The Morgan fingerprint density at radius 1 is 1.38 bits per heavy atom. The molecule has 0 saturated heterocycles. The van der Waals surface area contributed by atoms with Gasteiger partial charge in [0, 0.05) is 23.6 Å². The number of ether oxygens (including phenoxy) is 1. The van der Waals surface area contributed by atoms with Crippen LogP contribution in [0.4, 0.5) is 13.2 Å². The normalized spacial score (nSPS) is 14.2. The fraction of sp³-hybridized carbons (Fsp3) is 0.214. The molecule has 3 rings (SSSR count). The zero-order valence-corrected chi connectivity index (χ0v) is 12.5. The van der Waals surface area contributed by atoms with Crippen LogP contribution < -0.4 is 4.74 Å². The summed E-state index contributed by atoms with van der Waals surface area (Å²) in [4.78, 5) is 14.5. The van der Waals surface area contributed by atoms with Crippen molar-refractivity contribution >= 4 is 22.5 Å². The highest BCUT2D eigenvalue weighted by Gasteiger charge is 2.33. The number of allylic oxidation sites excluding steroid dienone is 2. The Hall–Kier alpha value is -2.55. The van der Waals surface area contributed by atoms with Gasteiger partial charge in [-0.1, -0.05) is 11.6 Å². The number of pyridine rings is 1. The third-order valence-electron chi connectivity index (χ3n) is 3.52. The largest absolute Gasteiger partial charge is 0.573 e. The van der Waals surface area contributed by atoms with E-state index in [4.69, 9.17) is 11.6 Å². The maximum atomic E-state index is 12.6. The fourth-order valence-corrected chi connectivity index (χ4v) is 2.69. The number of fused-ring (bicyclic) bond motifs is 2. The minimum atomic E-state index is -4.98. The summed E-state index contributed by atoms with van der Waals surface area (Å²) in [6, 6.07) is 2.06. The van der Waals surface area contributed by atoms with Gasteiger partial charge in [0.05, 0.1) is 16.9 Å². The molecule has 0 fully saturated rings. The molecule has 0 amide bonds. The number of aromatic nitrogens is 1. The van der Waals surface area contributed by atoms with Crippen molar-refractivity contribution in [3.63, 3.8) is 0 Å². The molecule has 0 aliphatic heterocycles. The number of halogens is 4. The predicted molar refractivity (Wildman–Crippen MR) is 77.6 cm³/mol. The first-order valence-electron chi connectivity index (χ1n) is 6.59. The molecule has 126 valence electrons. The molecule has 10 heteroatoms. The van der Waals surface area contributed by atoms with E-state index in [-0.39, 0.29) is 34.5 Å². The van der Waals surface area contributed by atoms with Crippen molar-refractivity contribution in [2.45, 2.75) is 19.2 Å². The van der Waals surface area contributed by atoms with Gasteiger partial charge in [0.1, 0.15) is 16.5 Å². The molecule has 1 aromatic carbocycles. The van der Waals surface area contributed by atoms with Gasteiger partial charge in [-0.15, -0.1) is 13.2 Å². The Kier molecular flexibility index (Phi) is 3.75. The molecule has 6 nitrogen and oxygen atoms in total. The second kappa shape index (κ2) is 5.52. The van der Waals surface area contributed by atoms with E-state index in [1.807, 2.05) is 0 Å². The number of hydrogen-bond acceptors (Lipinski definition) is 5.